The van der Waals surface area contributed by atoms with E-state index in [9.17, 15) is 13.2 Å². The monoisotopic (exact) mass is 496 g/mol. The number of nitrogens with zero attached hydrogens (tertiary/aromatic N) is 4. The highest BCUT2D eigenvalue weighted by Gasteiger charge is 2.42. The third kappa shape index (κ3) is 4.72. The van der Waals surface area contributed by atoms with Crippen LogP contribution in [0.25, 0.3) is 5.00 Å². The Morgan fingerprint density at radius 2 is 1.76 bits per heavy atom. The number of fused-ring (bicyclic) bond motifs is 3. The first-order valence-corrected chi connectivity index (χ1v) is 11.7. The highest BCUT2D eigenvalue weighted by Crippen LogP contribution is 2.42. The van der Waals surface area contributed by atoms with E-state index in [1.54, 1.807) is 12.1 Å². The summed E-state index contributed by atoms with van der Waals surface area (Å²) in [6.45, 7) is 9.88. The summed E-state index contributed by atoms with van der Waals surface area (Å²) in [7, 11) is 0. The Bertz CT molecular complexity index is 1210. The topological polar surface area (TPSA) is 52.3 Å². The van der Waals surface area contributed by atoms with E-state index in [1.807, 2.05) is 46.8 Å². The lowest BCUT2D eigenvalue weighted by atomic mass is 9.99. The van der Waals surface area contributed by atoms with Crippen molar-refractivity contribution in [2.24, 2.45) is 4.99 Å². The summed E-state index contributed by atoms with van der Waals surface area (Å²) in [6, 6.07) is 6.49. The van der Waals surface area contributed by atoms with Crippen LogP contribution in [0, 0.1) is 13.8 Å². The van der Waals surface area contributed by atoms with Crippen molar-refractivity contribution in [3.05, 3.63) is 62.5 Å². The molecule has 0 amide bonds. The number of benzene rings is 1. The number of aryl methyl sites for hydroxylation is 1. The molecule has 1 aromatic carbocycles. The molecule has 1 atom stereocenters. The minimum Gasteiger partial charge on any atom is -0.376 e. The molecular weight excluding hydrogens is 473 g/mol. The third-order valence-corrected chi connectivity index (χ3v) is 6.82. The number of aliphatic imine (C=N–C) groups is 1. The molecule has 1 aliphatic heterocycles. The van der Waals surface area contributed by atoms with Crippen LogP contribution < -0.4 is 0 Å². The Labute approximate surface area is 199 Å². The first-order valence-electron chi connectivity index (χ1n) is 10.5. The van der Waals surface area contributed by atoms with Crippen molar-refractivity contribution in [3.8, 4) is 5.00 Å². The van der Waals surface area contributed by atoms with Crippen LogP contribution in [0.2, 0.25) is 5.02 Å². The largest absolute Gasteiger partial charge is 0.452 e. The smallest absolute Gasteiger partial charge is 0.376 e. The SMILES string of the molecule is Cc1sc2c(c1C)C(c1ccc(Cl)cc1)=NC(CCOC(C)(C)C)c1nnc(C(F)(F)F)n1-2. The molecule has 0 saturated carbocycles. The van der Waals surface area contributed by atoms with Gasteiger partial charge in [-0.15, -0.1) is 21.5 Å². The highest BCUT2D eigenvalue weighted by atomic mass is 35.5. The molecule has 0 fully saturated rings. The van der Waals surface area contributed by atoms with Gasteiger partial charge in [0.05, 0.1) is 11.3 Å². The van der Waals surface area contributed by atoms with Gasteiger partial charge >= 0.3 is 6.18 Å². The zero-order valence-electron chi connectivity index (χ0n) is 18.9. The van der Waals surface area contributed by atoms with Gasteiger partial charge in [-0.25, -0.2) is 0 Å². The van der Waals surface area contributed by atoms with E-state index in [4.69, 9.17) is 21.3 Å². The number of hydrogen-bond acceptors (Lipinski definition) is 5. The second-order valence-corrected chi connectivity index (χ2v) is 10.6. The van der Waals surface area contributed by atoms with Gasteiger partial charge < -0.3 is 4.74 Å². The van der Waals surface area contributed by atoms with Crippen LogP contribution in [0.1, 0.15) is 66.5 Å². The molecule has 0 spiro atoms. The minimum atomic E-state index is -4.66. The van der Waals surface area contributed by atoms with Crippen molar-refractivity contribution in [1.29, 1.82) is 0 Å². The van der Waals surface area contributed by atoms with Gasteiger partial charge in [0.15, 0.2) is 5.82 Å². The van der Waals surface area contributed by atoms with Crippen molar-refractivity contribution in [2.45, 2.75) is 58.9 Å². The molecule has 33 heavy (non-hydrogen) atoms. The fourth-order valence-corrected chi connectivity index (χ4v) is 5.01. The van der Waals surface area contributed by atoms with Crippen molar-refractivity contribution >= 4 is 28.6 Å². The quantitative estimate of drug-likeness (QED) is 0.403. The third-order valence-electron chi connectivity index (χ3n) is 5.38. The Kier molecular flexibility index (Phi) is 6.18. The van der Waals surface area contributed by atoms with E-state index in [0.717, 1.165) is 20.6 Å². The molecule has 4 rings (SSSR count). The summed E-state index contributed by atoms with van der Waals surface area (Å²) < 4.78 is 48.8. The van der Waals surface area contributed by atoms with Gasteiger partial charge in [0, 0.05) is 34.1 Å². The Hall–Kier alpha value is -2.23. The van der Waals surface area contributed by atoms with Gasteiger partial charge in [-0.3, -0.25) is 9.56 Å². The molecule has 1 unspecified atom stereocenters. The molecule has 2 aromatic heterocycles. The van der Waals surface area contributed by atoms with Gasteiger partial charge in [-0.05, 0) is 52.3 Å². The summed E-state index contributed by atoms with van der Waals surface area (Å²) in [4.78, 5) is 5.86. The summed E-state index contributed by atoms with van der Waals surface area (Å²) in [6.07, 6.45) is -4.30. The van der Waals surface area contributed by atoms with Crippen molar-refractivity contribution in [2.75, 3.05) is 6.61 Å². The summed E-state index contributed by atoms with van der Waals surface area (Å²) in [5.41, 5.74) is 2.54. The maximum absolute atomic E-state index is 13.9. The molecule has 5 nitrogen and oxygen atoms in total. The van der Waals surface area contributed by atoms with Crippen LogP contribution in [0.5, 0.6) is 0 Å². The lowest BCUT2D eigenvalue weighted by Crippen LogP contribution is -2.21. The fourth-order valence-electron chi connectivity index (χ4n) is 3.72. The van der Waals surface area contributed by atoms with E-state index in [0.29, 0.717) is 34.3 Å². The van der Waals surface area contributed by atoms with Crippen molar-refractivity contribution < 1.29 is 17.9 Å². The van der Waals surface area contributed by atoms with Gasteiger partial charge in [0.25, 0.3) is 0 Å². The standard InChI is InChI=1S/C23H24ClF3N4OS/c1-12-13(2)33-20-17(12)18(14-6-8-15(24)9-7-14)28-16(10-11-32-22(3,4)5)19-29-30-21(31(19)20)23(25,26)27/h6-9,16H,10-11H2,1-5H3. The first kappa shape index (κ1) is 23.9. The van der Waals surface area contributed by atoms with Crippen molar-refractivity contribution in [1.82, 2.24) is 14.8 Å². The summed E-state index contributed by atoms with van der Waals surface area (Å²) in [5, 5.41) is 8.50. The molecule has 0 aliphatic carbocycles. The zero-order valence-corrected chi connectivity index (χ0v) is 20.5. The lowest BCUT2D eigenvalue weighted by molar-refractivity contribution is -0.146. The van der Waals surface area contributed by atoms with Crippen LogP contribution >= 0.6 is 22.9 Å². The molecule has 0 radical (unpaired) electrons. The average molecular weight is 497 g/mol. The van der Waals surface area contributed by atoms with Crippen LogP contribution in [-0.2, 0) is 10.9 Å². The molecule has 0 N–H and O–H groups in total. The van der Waals surface area contributed by atoms with E-state index < -0.39 is 18.0 Å². The number of alkyl halides is 3. The average Bonchev–Trinajstić information content (AvgIpc) is 3.23. The van der Waals surface area contributed by atoms with Crippen LogP contribution in [-0.4, -0.2) is 32.7 Å². The number of ether oxygens (including phenoxy) is 1. The van der Waals surface area contributed by atoms with E-state index >= 15 is 0 Å². The number of rotatable bonds is 4. The molecule has 10 heteroatoms. The lowest BCUT2D eigenvalue weighted by Gasteiger charge is -2.21. The molecule has 176 valence electrons. The van der Waals surface area contributed by atoms with Crippen LogP contribution in [0.3, 0.4) is 0 Å². The molecular formula is C23H24ClF3N4OS. The molecule has 3 aromatic rings. The van der Waals surface area contributed by atoms with Gasteiger partial charge in [0.2, 0.25) is 5.82 Å². The van der Waals surface area contributed by atoms with E-state index in [-0.39, 0.29) is 11.4 Å². The van der Waals surface area contributed by atoms with Gasteiger partial charge in [-0.1, -0.05) is 23.7 Å². The van der Waals surface area contributed by atoms with Crippen LogP contribution in [0.15, 0.2) is 29.3 Å². The second kappa shape index (κ2) is 8.52. The normalized spacial score (nSPS) is 16.3. The van der Waals surface area contributed by atoms with Gasteiger partial charge in [0.1, 0.15) is 11.0 Å². The van der Waals surface area contributed by atoms with Crippen LogP contribution in [0.4, 0.5) is 13.2 Å². The Balaban J connectivity index is 1.94. The number of thiophene rings is 1. The highest BCUT2D eigenvalue weighted by molar-refractivity contribution is 7.15. The summed E-state index contributed by atoms with van der Waals surface area (Å²) >= 11 is 7.37. The Morgan fingerprint density at radius 3 is 2.36 bits per heavy atom. The predicted molar refractivity (Wildman–Crippen MR) is 124 cm³/mol. The number of aromatic nitrogens is 3. The minimum absolute atomic E-state index is 0.159. The zero-order chi connectivity index (χ0) is 24.1. The predicted octanol–water partition coefficient (Wildman–Crippen LogP) is 6.72. The van der Waals surface area contributed by atoms with Crippen molar-refractivity contribution in [3.63, 3.8) is 0 Å². The number of hydrogen-bond donors (Lipinski definition) is 0. The first-order chi connectivity index (χ1) is 15.4. The second-order valence-electron chi connectivity index (χ2n) is 8.93. The Morgan fingerprint density at radius 1 is 1.09 bits per heavy atom. The fraction of sp³-hybridized carbons (Fsp3) is 0.435. The molecule has 1 aliphatic rings. The van der Waals surface area contributed by atoms with E-state index in [1.165, 1.54) is 11.3 Å². The number of halogens is 4. The molecule has 0 saturated heterocycles. The van der Waals surface area contributed by atoms with E-state index in [2.05, 4.69) is 10.2 Å². The molecule has 3 heterocycles. The maximum Gasteiger partial charge on any atom is 0.452 e. The maximum atomic E-state index is 13.9. The van der Waals surface area contributed by atoms with Gasteiger partial charge in [-0.2, -0.15) is 13.2 Å². The summed E-state index contributed by atoms with van der Waals surface area (Å²) in [5.74, 6) is -0.888. The molecule has 0 bridgehead atoms.